The Balaban J connectivity index is 2.80. The molecule has 0 aliphatic carbocycles. The second-order valence-electron chi connectivity index (χ2n) is 3.92. The first kappa shape index (κ1) is 15.7. The molecule has 8 heteroatoms. The van der Waals surface area contributed by atoms with Crippen molar-refractivity contribution in [2.45, 2.75) is 45.3 Å². The molecule has 1 aliphatic heterocycles. The number of nitrogens with zero attached hydrogens (tertiary/aromatic N) is 3. The Morgan fingerprint density at radius 2 is 2.11 bits per heavy atom. The largest absolute Gasteiger partial charge is 0.460 e. The molecule has 0 spiro atoms. The molecule has 0 aromatic heterocycles. The highest BCUT2D eigenvalue weighted by Gasteiger charge is 2.44. The second-order valence-corrected chi connectivity index (χ2v) is 3.92. The monoisotopic (exact) mass is 273 g/mol. The van der Waals surface area contributed by atoms with Gasteiger partial charge in [0.2, 0.25) is 0 Å². The van der Waals surface area contributed by atoms with Crippen molar-refractivity contribution < 1.29 is 23.7 Å². The minimum atomic E-state index is -0.656. The van der Waals surface area contributed by atoms with E-state index in [1.165, 1.54) is 6.92 Å². The normalized spacial score (nSPS) is 26.2. The summed E-state index contributed by atoms with van der Waals surface area (Å²) in [6.45, 7) is 5.98. The molecule has 8 nitrogen and oxygen atoms in total. The molecular formula is C11H19N3O5. The summed E-state index contributed by atoms with van der Waals surface area (Å²) in [5, 5.41) is 3.64. The third kappa shape index (κ3) is 4.36. The van der Waals surface area contributed by atoms with Crippen LogP contribution in [0.25, 0.3) is 10.4 Å². The van der Waals surface area contributed by atoms with Crippen LogP contribution in [-0.2, 0) is 23.7 Å². The molecular weight excluding hydrogens is 254 g/mol. The van der Waals surface area contributed by atoms with Crippen molar-refractivity contribution in [3.63, 3.8) is 0 Å². The zero-order chi connectivity index (χ0) is 14.3. The van der Waals surface area contributed by atoms with Gasteiger partial charge in [-0.15, -0.1) is 0 Å². The Bertz CT molecular complexity index is 339. The molecule has 0 bridgehead atoms. The molecule has 3 atom stereocenters. The Morgan fingerprint density at radius 1 is 1.47 bits per heavy atom. The maximum absolute atomic E-state index is 11.0. The molecule has 1 heterocycles. The van der Waals surface area contributed by atoms with Gasteiger partial charge in [-0.1, -0.05) is 5.11 Å². The summed E-state index contributed by atoms with van der Waals surface area (Å²) in [7, 11) is 0. The number of rotatable bonds is 7. The summed E-state index contributed by atoms with van der Waals surface area (Å²) in [4.78, 5) is 13.8. The van der Waals surface area contributed by atoms with E-state index in [1.807, 2.05) is 13.8 Å². The lowest BCUT2D eigenvalue weighted by Gasteiger charge is -2.25. The van der Waals surface area contributed by atoms with E-state index in [0.29, 0.717) is 13.2 Å². The van der Waals surface area contributed by atoms with E-state index >= 15 is 0 Å². The first-order valence-electron chi connectivity index (χ1n) is 6.20. The molecule has 1 saturated heterocycles. The summed E-state index contributed by atoms with van der Waals surface area (Å²) in [6.07, 6.45) is -1.84. The van der Waals surface area contributed by atoms with Crippen molar-refractivity contribution >= 4 is 5.97 Å². The van der Waals surface area contributed by atoms with Crippen LogP contribution in [0.5, 0.6) is 0 Å². The molecule has 0 saturated carbocycles. The number of esters is 1. The number of hydrogen-bond acceptors (Lipinski definition) is 6. The van der Waals surface area contributed by atoms with Crippen LogP contribution in [0.3, 0.4) is 0 Å². The lowest BCUT2D eigenvalue weighted by Crippen LogP contribution is -2.41. The molecule has 0 unspecified atom stereocenters. The Labute approximate surface area is 111 Å². The van der Waals surface area contributed by atoms with Gasteiger partial charge in [-0.3, -0.25) is 4.79 Å². The first-order valence-corrected chi connectivity index (χ1v) is 6.20. The van der Waals surface area contributed by atoms with Crippen LogP contribution in [-0.4, -0.2) is 50.3 Å². The van der Waals surface area contributed by atoms with Crippen LogP contribution < -0.4 is 0 Å². The molecule has 108 valence electrons. The highest BCUT2D eigenvalue weighted by Crippen LogP contribution is 2.25. The van der Waals surface area contributed by atoms with Crippen LogP contribution in [0.1, 0.15) is 20.8 Å². The van der Waals surface area contributed by atoms with Crippen LogP contribution in [0.2, 0.25) is 0 Å². The third-order valence-corrected chi connectivity index (χ3v) is 2.60. The van der Waals surface area contributed by atoms with Gasteiger partial charge in [-0.05, 0) is 19.4 Å². The van der Waals surface area contributed by atoms with Gasteiger partial charge in [0.25, 0.3) is 0 Å². The summed E-state index contributed by atoms with van der Waals surface area (Å²) in [5.41, 5.74) is 8.62. The van der Waals surface area contributed by atoms with E-state index < -0.39 is 30.5 Å². The number of carbonyl (C=O) groups is 1. The van der Waals surface area contributed by atoms with Gasteiger partial charge >= 0.3 is 5.97 Å². The van der Waals surface area contributed by atoms with Crippen LogP contribution in [0.4, 0.5) is 0 Å². The topological polar surface area (TPSA) is 103 Å². The molecule has 0 amide bonds. The molecule has 0 radical (unpaired) electrons. The number of azide groups is 1. The van der Waals surface area contributed by atoms with E-state index in [-0.39, 0.29) is 6.61 Å². The maximum atomic E-state index is 11.0. The highest BCUT2D eigenvalue weighted by atomic mass is 16.7. The number of ether oxygens (including phenoxy) is 4. The molecule has 1 fully saturated rings. The fourth-order valence-corrected chi connectivity index (χ4v) is 1.94. The first-order chi connectivity index (χ1) is 9.13. The average molecular weight is 273 g/mol. The number of hydrogen-bond donors (Lipinski definition) is 0. The van der Waals surface area contributed by atoms with Crippen molar-refractivity contribution in [3.05, 3.63) is 10.4 Å². The van der Waals surface area contributed by atoms with Crippen LogP contribution in [0, 0.1) is 0 Å². The zero-order valence-corrected chi connectivity index (χ0v) is 11.3. The zero-order valence-electron chi connectivity index (χ0n) is 11.3. The molecule has 1 rings (SSSR count). The Morgan fingerprint density at radius 3 is 2.58 bits per heavy atom. The van der Waals surface area contributed by atoms with Crippen molar-refractivity contribution in [2.75, 3.05) is 19.8 Å². The van der Waals surface area contributed by atoms with E-state index in [9.17, 15) is 4.79 Å². The van der Waals surface area contributed by atoms with E-state index in [0.717, 1.165) is 0 Å². The van der Waals surface area contributed by atoms with Gasteiger partial charge in [0.05, 0.1) is 6.61 Å². The summed E-state index contributed by atoms with van der Waals surface area (Å²) in [6, 6.07) is -0.656. The third-order valence-electron chi connectivity index (χ3n) is 2.60. The second kappa shape index (κ2) is 7.96. The van der Waals surface area contributed by atoms with Crippen LogP contribution in [0.15, 0.2) is 5.11 Å². The quantitative estimate of drug-likeness (QED) is 0.229. The SMILES string of the molecule is CCOC(OCC)[C@H]1OC[C@@H](OC(C)=O)[C@@H]1N=[N+]=[N-]. The maximum Gasteiger partial charge on any atom is 0.302 e. The van der Waals surface area contributed by atoms with Crippen molar-refractivity contribution in [1.29, 1.82) is 0 Å². The Hall–Kier alpha value is -1.34. The van der Waals surface area contributed by atoms with Crippen molar-refractivity contribution in [2.24, 2.45) is 5.11 Å². The van der Waals surface area contributed by atoms with Gasteiger partial charge in [-0.2, -0.15) is 0 Å². The van der Waals surface area contributed by atoms with Gasteiger partial charge in [0.15, 0.2) is 6.29 Å². The van der Waals surface area contributed by atoms with Crippen molar-refractivity contribution in [3.8, 4) is 0 Å². The average Bonchev–Trinajstić information content (AvgIpc) is 2.72. The minimum absolute atomic E-state index is 0.157. The number of carbonyl (C=O) groups excluding carboxylic acids is 1. The smallest absolute Gasteiger partial charge is 0.302 e. The molecule has 1 aliphatic rings. The van der Waals surface area contributed by atoms with Crippen molar-refractivity contribution in [1.82, 2.24) is 0 Å². The van der Waals surface area contributed by atoms with Gasteiger partial charge in [-0.25, -0.2) is 0 Å². The standard InChI is InChI=1S/C11H19N3O5/c1-4-16-11(17-5-2)10-9(13-14-12)8(6-18-10)19-7(3)15/h8-11H,4-6H2,1-3H3/t8-,9+,10+/m1/s1. The van der Waals surface area contributed by atoms with Gasteiger partial charge in [0.1, 0.15) is 18.2 Å². The van der Waals surface area contributed by atoms with E-state index in [4.69, 9.17) is 24.5 Å². The molecule has 0 aromatic rings. The predicted octanol–water partition coefficient (Wildman–Crippen LogP) is 1.39. The van der Waals surface area contributed by atoms with Gasteiger partial charge in [0, 0.05) is 25.0 Å². The molecule has 0 N–H and O–H groups in total. The summed E-state index contributed by atoms with van der Waals surface area (Å²) >= 11 is 0. The fourth-order valence-electron chi connectivity index (χ4n) is 1.94. The van der Waals surface area contributed by atoms with Gasteiger partial charge < -0.3 is 18.9 Å². The van der Waals surface area contributed by atoms with E-state index in [1.54, 1.807) is 0 Å². The lowest BCUT2D eigenvalue weighted by atomic mass is 10.1. The molecule has 19 heavy (non-hydrogen) atoms. The van der Waals surface area contributed by atoms with Crippen LogP contribution >= 0.6 is 0 Å². The Kier molecular flexibility index (Phi) is 6.58. The van der Waals surface area contributed by atoms with E-state index in [2.05, 4.69) is 10.0 Å². The summed E-state index contributed by atoms with van der Waals surface area (Å²) in [5.74, 6) is -0.447. The predicted molar refractivity (Wildman–Crippen MR) is 65.3 cm³/mol. The fraction of sp³-hybridized carbons (Fsp3) is 0.909. The lowest BCUT2D eigenvalue weighted by molar-refractivity contribution is -0.194. The molecule has 0 aromatic carbocycles. The highest BCUT2D eigenvalue weighted by molar-refractivity contribution is 5.66. The minimum Gasteiger partial charge on any atom is -0.460 e. The summed E-state index contributed by atoms with van der Waals surface area (Å²) < 4.78 is 21.4.